The lowest BCUT2D eigenvalue weighted by Gasteiger charge is -2.29. The van der Waals surface area contributed by atoms with Crippen LogP contribution in [-0.4, -0.2) is 16.4 Å². The number of rotatable bonds is 2. The number of nitriles is 1. The summed E-state index contributed by atoms with van der Waals surface area (Å²) in [7, 11) is 0. The summed E-state index contributed by atoms with van der Waals surface area (Å²) in [5.74, 6) is -0.349. The quantitative estimate of drug-likeness (QED) is 0.865. The van der Waals surface area contributed by atoms with Crippen LogP contribution >= 0.6 is 0 Å². The number of H-pyrrole nitrogens is 1. The van der Waals surface area contributed by atoms with Crippen LogP contribution in [0.5, 0.6) is 0 Å². The van der Waals surface area contributed by atoms with Gasteiger partial charge < -0.3 is 10.3 Å². The number of carbonyl (C=O) groups excluding carboxylic acids is 1. The summed E-state index contributed by atoms with van der Waals surface area (Å²) in [5, 5.41) is 12.3. The van der Waals surface area contributed by atoms with Crippen LogP contribution < -0.4 is 10.9 Å². The van der Waals surface area contributed by atoms with Crippen molar-refractivity contribution in [1.82, 2.24) is 10.3 Å². The van der Waals surface area contributed by atoms with Crippen LogP contribution in [0.2, 0.25) is 0 Å². The molecule has 0 saturated heterocycles. The fraction of sp³-hybridized carbons (Fsp3) is 0.533. The van der Waals surface area contributed by atoms with Gasteiger partial charge in [-0.1, -0.05) is 32.1 Å². The molecule has 0 unspecified atom stereocenters. The zero-order chi connectivity index (χ0) is 14.4. The lowest BCUT2D eigenvalue weighted by atomic mass is 9.85. The average Bonchev–Trinajstić information content (AvgIpc) is 2.42. The van der Waals surface area contributed by atoms with Crippen LogP contribution in [0.3, 0.4) is 0 Å². The van der Waals surface area contributed by atoms with E-state index in [2.05, 4.69) is 16.4 Å². The van der Waals surface area contributed by atoms with Gasteiger partial charge >= 0.3 is 0 Å². The van der Waals surface area contributed by atoms with Crippen molar-refractivity contribution in [2.75, 3.05) is 0 Å². The van der Waals surface area contributed by atoms with Gasteiger partial charge in [0.2, 0.25) is 5.56 Å². The molecule has 5 heteroatoms. The summed E-state index contributed by atoms with van der Waals surface area (Å²) >= 11 is 0. The van der Waals surface area contributed by atoms with Crippen molar-refractivity contribution in [3.8, 4) is 6.07 Å². The molecule has 0 aromatic carbocycles. The molecule has 0 bridgehead atoms. The number of hydrogen-bond acceptors (Lipinski definition) is 3. The third kappa shape index (κ3) is 3.47. The van der Waals surface area contributed by atoms with E-state index in [-0.39, 0.29) is 11.5 Å². The molecule has 0 aliphatic heterocycles. The maximum atomic E-state index is 12.2. The molecule has 0 radical (unpaired) electrons. The highest BCUT2D eigenvalue weighted by Crippen LogP contribution is 2.26. The van der Waals surface area contributed by atoms with E-state index >= 15 is 0 Å². The summed E-state index contributed by atoms with van der Waals surface area (Å²) in [4.78, 5) is 25.9. The Morgan fingerprint density at radius 1 is 1.25 bits per heavy atom. The number of aromatic nitrogens is 1. The van der Waals surface area contributed by atoms with Crippen LogP contribution in [0.25, 0.3) is 0 Å². The molecule has 1 aliphatic rings. The molecule has 1 aromatic rings. The van der Waals surface area contributed by atoms with E-state index < -0.39 is 5.54 Å². The minimum absolute atomic E-state index is 0.297. The van der Waals surface area contributed by atoms with Gasteiger partial charge in [0.1, 0.15) is 5.54 Å². The SMILES string of the molecule is N#CC1(NC(=O)c2cc[nH]c(=O)c2)CCCCCCC1. The molecular weight excluding hydrogens is 254 g/mol. The monoisotopic (exact) mass is 273 g/mol. The molecule has 1 saturated carbocycles. The van der Waals surface area contributed by atoms with Gasteiger partial charge in [-0.3, -0.25) is 9.59 Å². The fourth-order valence-electron chi connectivity index (χ4n) is 2.65. The van der Waals surface area contributed by atoms with E-state index in [1.165, 1.54) is 18.7 Å². The second-order valence-corrected chi connectivity index (χ2v) is 5.36. The first-order chi connectivity index (χ1) is 9.65. The average molecular weight is 273 g/mol. The molecule has 2 N–H and O–H groups in total. The number of aromatic amines is 1. The molecule has 1 amide bonds. The molecule has 1 fully saturated rings. The Labute approximate surface area is 118 Å². The molecule has 1 aromatic heterocycles. The summed E-state index contributed by atoms with van der Waals surface area (Å²) in [6.45, 7) is 0. The van der Waals surface area contributed by atoms with Gasteiger partial charge in [0.05, 0.1) is 6.07 Å². The molecule has 106 valence electrons. The largest absolute Gasteiger partial charge is 0.334 e. The van der Waals surface area contributed by atoms with Gasteiger partial charge in [-0.2, -0.15) is 5.26 Å². The fourth-order valence-corrected chi connectivity index (χ4v) is 2.65. The molecule has 1 heterocycles. The topological polar surface area (TPSA) is 85.8 Å². The summed E-state index contributed by atoms with van der Waals surface area (Å²) in [6, 6.07) is 5.08. The van der Waals surface area contributed by atoms with Crippen molar-refractivity contribution in [2.24, 2.45) is 0 Å². The number of pyridine rings is 1. The first kappa shape index (κ1) is 14.3. The Morgan fingerprint density at radius 2 is 1.90 bits per heavy atom. The number of carbonyl (C=O) groups is 1. The van der Waals surface area contributed by atoms with Crippen molar-refractivity contribution in [1.29, 1.82) is 5.26 Å². The van der Waals surface area contributed by atoms with Crippen molar-refractivity contribution >= 4 is 5.91 Å². The van der Waals surface area contributed by atoms with Crippen molar-refractivity contribution < 1.29 is 4.79 Å². The number of amides is 1. The van der Waals surface area contributed by atoms with E-state index in [1.807, 2.05) is 0 Å². The molecule has 20 heavy (non-hydrogen) atoms. The predicted molar refractivity (Wildman–Crippen MR) is 75.2 cm³/mol. The highest BCUT2D eigenvalue weighted by atomic mass is 16.2. The highest BCUT2D eigenvalue weighted by Gasteiger charge is 2.32. The second-order valence-electron chi connectivity index (χ2n) is 5.36. The van der Waals surface area contributed by atoms with E-state index in [0.29, 0.717) is 18.4 Å². The summed E-state index contributed by atoms with van der Waals surface area (Å²) < 4.78 is 0. The highest BCUT2D eigenvalue weighted by molar-refractivity contribution is 5.94. The van der Waals surface area contributed by atoms with Gasteiger partial charge in [0.25, 0.3) is 5.91 Å². The predicted octanol–water partition coefficient (Wildman–Crippen LogP) is 2.11. The van der Waals surface area contributed by atoms with E-state index in [1.54, 1.807) is 6.07 Å². The van der Waals surface area contributed by atoms with Gasteiger partial charge in [-0.15, -0.1) is 0 Å². The van der Waals surface area contributed by atoms with Crippen molar-refractivity contribution in [2.45, 2.75) is 50.5 Å². The molecule has 0 atom stereocenters. The number of hydrogen-bond donors (Lipinski definition) is 2. The lowest BCUT2D eigenvalue weighted by Crippen LogP contribution is -2.47. The van der Waals surface area contributed by atoms with Gasteiger partial charge in [0.15, 0.2) is 0 Å². The number of nitrogens with one attached hydrogen (secondary N) is 2. The van der Waals surface area contributed by atoms with Gasteiger partial charge in [-0.25, -0.2) is 0 Å². The Bertz CT molecular complexity index is 563. The lowest BCUT2D eigenvalue weighted by molar-refractivity contribution is 0.0907. The Hall–Kier alpha value is -2.09. The van der Waals surface area contributed by atoms with Crippen molar-refractivity contribution in [3.05, 3.63) is 34.2 Å². The molecule has 1 aliphatic carbocycles. The van der Waals surface area contributed by atoms with Crippen LogP contribution in [0.4, 0.5) is 0 Å². The molecule has 5 nitrogen and oxygen atoms in total. The van der Waals surface area contributed by atoms with Crippen molar-refractivity contribution in [3.63, 3.8) is 0 Å². The summed E-state index contributed by atoms with van der Waals surface area (Å²) in [6.07, 6.45) is 8.09. The van der Waals surface area contributed by atoms with Gasteiger partial charge in [0, 0.05) is 17.8 Å². The summed E-state index contributed by atoms with van der Waals surface area (Å²) in [5.41, 5.74) is -0.813. The first-order valence-corrected chi connectivity index (χ1v) is 7.08. The standard InChI is InChI=1S/C15H19N3O2/c16-11-15(7-4-2-1-3-5-8-15)18-14(20)12-6-9-17-13(19)10-12/h6,9-10H,1-5,7-8H2,(H,17,19)(H,18,20). The van der Waals surface area contributed by atoms with E-state index in [0.717, 1.165) is 25.7 Å². The maximum absolute atomic E-state index is 12.2. The first-order valence-electron chi connectivity index (χ1n) is 7.08. The third-order valence-electron chi connectivity index (χ3n) is 3.81. The second kappa shape index (κ2) is 6.38. The minimum atomic E-state index is -0.792. The van der Waals surface area contributed by atoms with E-state index in [9.17, 15) is 14.9 Å². The van der Waals surface area contributed by atoms with Crippen LogP contribution in [0.15, 0.2) is 23.1 Å². The van der Waals surface area contributed by atoms with Crippen LogP contribution in [-0.2, 0) is 0 Å². The van der Waals surface area contributed by atoms with Gasteiger partial charge in [-0.05, 0) is 18.9 Å². The normalized spacial score (nSPS) is 18.4. The Morgan fingerprint density at radius 3 is 2.50 bits per heavy atom. The van der Waals surface area contributed by atoms with Crippen LogP contribution in [0.1, 0.15) is 55.3 Å². The van der Waals surface area contributed by atoms with E-state index in [4.69, 9.17) is 0 Å². The maximum Gasteiger partial charge on any atom is 0.252 e. The molecular formula is C15H19N3O2. The molecule has 0 spiro atoms. The Kier molecular flexibility index (Phi) is 4.57. The third-order valence-corrected chi connectivity index (χ3v) is 3.81. The smallest absolute Gasteiger partial charge is 0.252 e. The minimum Gasteiger partial charge on any atom is -0.334 e. The zero-order valence-electron chi connectivity index (χ0n) is 11.4. The van der Waals surface area contributed by atoms with Crippen LogP contribution in [0, 0.1) is 11.3 Å². The Balaban J connectivity index is 2.14. The zero-order valence-corrected chi connectivity index (χ0v) is 11.4. The molecule has 2 rings (SSSR count). The number of nitrogens with zero attached hydrogens (tertiary/aromatic N) is 1.